The number of hydrogen-bond acceptors (Lipinski definition) is 2. The van der Waals surface area contributed by atoms with E-state index in [1.807, 2.05) is 0 Å². The van der Waals surface area contributed by atoms with E-state index in [1.165, 1.54) is 0 Å². The zero-order valence-corrected chi connectivity index (χ0v) is 24.3. The van der Waals surface area contributed by atoms with Crippen molar-refractivity contribution in [3.8, 4) is 0 Å². The molecule has 0 saturated carbocycles. The first-order valence-electron chi connectivity index (χ1n) is 10.8. The van der Waals surface area contributed by atoms with E-state index in [1.54, 1.807) is 0 Å². The van der Waals surface area contributed by atoms with Gasteiger partial charge in [0, 0.05) is 0 Å². The Morgan fingerprint density at radius 3 is 0.806 bits per heavy atom. The predicted octanol–water partition coefficient (Wildman–Crippen LogP) is 7.29. The molecule has 0 saturated heterocycles. The van der Waals surface area contributed by atoms with Gasteiger partial charge in [-0.05, 0) is 0 Å². The smallest absolute Gasteiger partial charge is 0.675 e. The number of hydrogen-bond donors (Lipinski definition) is 0. The van der Waals surface area contributed by atoms with Crippen molar-refractivity contribution in [1.82, 2.24) is 0 Å². The molecule has 0 N–H and O–H groups in total. The summed E-state index contributed by atoms with van der Waals surface area (Å²) in [6.45, 7) is 36.3. The molecule has 0 amide bonds. The Hall–Kier alpha value is -0.197. The Labute approximate surface area is 208 Å². The van der Waals surface area contributed by atoms with Crippen molar-refractivity contribution in [3.05, 3.63) is 21.3 Å². The summed E-state index contributed by atoms with van der Waals surface area (Å²) in [5.41, 5.74) is 0.0423. The molecule has 0 spiro atoms. The van der Waals surface area contributed by atoms with Crippen LogP contribution >= 0.6 is 0 Å². The van der Waals surface area contributed by atoms with Gasteiger partial charge >= 0.3 is 19.5 Å². The maximum atomic E-state index is 7.75. The average molecular weight is 528 g/mol. The third-order valence-electron chi connectivity index (χ3n) is 3.13. The quantitative estimate of drug-likeness (QED) is 0.188. The number of nitrogens with zero attached hydrogens (tertiary/aromatic N) is 4. The van der Waals surface area contributed by atoms with Crippen molar-refractivity contribution in [1.29, 1.82) is 0 Å². The van der Waals surface area contributed by atoms with Crippen LogP contribution < -0.4 is 0 Å². The van der Waals surface area contributed by atoms with Crippen LogP contribution in [0.3, 0.4) is 0 Å². The summed E-state index contributed by atoms with van der Waals surface area (Å²) >= 11 is 0. The minimum Gasteiger partial charge on any atom is -0.675 e. The Balaban J connectivity index is -0.000000122. The van der Waals surface area contributed by atoms with Crippen LogP contribution in [0.2, 0.25) is 0 Å². The normalized spacial score (nSPS) is 13.2. The van der Waals surface area contributed by atoms with Crippen molar-refractivity contribution in [3.63, 3.8) is 0 Å². The monoisotopic (exact) mass is 528 g/mol. The fourth-order valence-electron chi connectivity index (χ4n) is 2.11. The van der Waals surface area contributed by atoms with E-state index in [-0.39, 0.29) is 42.9 Å². The zero-order valence-electron chi connectivity index (χ0n) is 22.6. The van der Waals surface area contributed by atoms with Crippen molar-refractivity contribution in [2.24, 2.45) is 11.8 Å². The van der Waals surface area contributed by atoms with Crippen LogP contribution in [0.25, 0.3) is 21.3 Å². The third kappa shape index (κ3) is 34.6. The molecule has 0 rings (SSSR count). The largest absolute Gasteiger partial charge is 6.00 e. The fourth-order valence-corrected chi connectivity index (χ4v) is 2.11. The number of rotatable bonds is 8. The van der Waals surface area contributed by atoms with Gasteiger partial charge in [-0.2, -0.15) is 0 Å². The van der Waals surface area contributed by atoms with Gasteiger partial charge in [0.05, 0.1) is 0 Å². The summed E-state index contributed by atoms with van der Waals surface area (Å²) in [7, 11) is 0. The van der Waals surface area contributed by atoms with Gasteiger partial charge < -0.3 is 30.9 Å². The predicted molar refractivity (Wildman–Crippen MR) is 134 cm³/mol. The van der Waals surface area contributed by atoms with E-state index in [2.05, 4.69) is 132 Å². The first-order valence-corrected chi connectivity index (χ1v) is 10.8. The standard InChI is InChI=1S/2C11H24N2.2CHO.Ru/c2*1-8(2)10(12-9(3)4)13-11(5,6)7;2*1-2;/h2*8-10H,1-7H3;2*1H;/q2*-2;2*-1;+6. The molecule has 6 nitrogen and oxygen atoms in total. The molecule has 186 valence electrons. The summed E-state index contributed by atoms with van der Waals surface area (Å²) in [5, 5.41) is 18.6. The van der Waals surface area contributed by atoms with Crippen LogP contribution in [0.5, 0.6) is 0 Å². The maximum absolute atomic E-state index is 7.75. The summed E-state index contributed by atoms with van der Waals surface area (Å²) < 4.78 is 0. The van der Waals surface area contributed by atoms with Crippen LogP contribution in [-0.4, -0.2) is 49.1 Å². The van der Waals surface area contributed by atoms with Gasteiger partial charge in [0.2, 0.25) is 0 Å². The van der Waals surface area contributed by atoms with E-state index in [0.717, 1.165) is 0 Å². The number of carbonyl (C=O) groups excluding carboxylic acids is 2. The minimum absolute atomic E-state index is 0. The molecule has 0 aromatic carbocycles. The first-order chi connectivity index (χ1) is 13.4. The fraction of sp³-hybridized carbons (Fsp3) is 0.917. The minimum atomic E-state index is 0. The second-order valence-electron chi connectivity index (χ2n) is 10.4. The van der Waals surface area contributed by atoms with Crippen LogP contribution in [-0.2, 0) is 29.1 Å². The molecule has 0 aromatic heterocycles. The molecular formula is C24H50N4O2Ru. The van der Waals surface area contributed by atoms with Gasteiger partial charge in [-0.25, -0.2) is 12.3 Å². The van der Waals surface area contributed by atoms with Crippen LogP contribution in [0.15, 0.2) is 0 Å². The van der Waals surface area contributed by atoms with Gasteiger partial charge in [-0.1, -0.05) is 109 Å². The molecule has 31 heavy (non-hydrogen) atoms. The second kappa shape index (κ2) is 21.6. The molecule has 0 fully saturated rings. The van der Waals surface area contributed by atoms with Crippen molar-refractivity contribution >= 4 is 13.6 Å². The molecule has 2 unspecified atom stereocenters. The van der Waals surface area contributed by atoms with Crippen LogP contribution in [0.4, 0.5) is 0 Å². The third-order valence-corrected chi connectivity index (χ3v) is 3.13. The van der Waals surface area contributed by atoms with E-state index in [0.29, 0.717) is 23.9 Å². The van der Waals surface area contributed by atoms with Gasteiger partial charge in [-0.15, -0.1) is 23.2 Å². The molecule has 2 atom stereocenters. The summed E-state index contributed by atoms with van der Waals surface area (Å²) in [6, 6.07) is 0.747. The Kier molecular flexibility index (Phi) is 28.7. The Bertz CT molecular complexity index is 343. The molecule has 0 bridgehead atoms. The molecule has 0 aliphatic carbocycles. The molecule has 0 aliphatic heterocycles. The van der Waals surface area contributed by atoms with Crippen LogP contribution in [0, 0.1) is 11.8 Å². The van der Waals surface area contributed by atoms with Crippen molar-refractivity contribution < 1.29 is 29.1 Å². The summed E-state index contributed by atoms with van der Waals surface area (Å²) in [6.07, 6.45) is 0.306. The molecule has 0 aliphatic rings. The van der Waals surface area contributed by atoms with Gasteiger partial charge in [0.15, 0.2) is 0 Å². The zero-order chi connectivity index (χ0) is 25.3. The Morgan fingerprint density at radius 2 is 0.710 bits per heavy atom. The van der Waals surface area contributed by atoms with Gasteiger partial charge in [-0.3, -0.25) is 13.6 Å². The van der Waals surface area contributed by atoms with Crippen LogP contribution in [0.1, 0.15) is 96.9 Å². The molecule has 0 aromatic rings. The Morgan fingerprint density at radius 1 is 0.516 bits per heavy atom. The molecular weight excluding hydrogens is 477 g/mol. The van der Waals surface area contributed by atoms with E-state index < -0.39 is 0 Å². The maximum Gasteiger partial charge on any atom is 6.00 e. The first kappa shape index (κ1) is 41.1. The van der Waals surface area contributed by atoms with Gasteiger partial charge in [0.1, 0.15) is 0 Å². The van der Waals surface area contributed by atoms with Crippen molar-refractivity contribution in [2.45, 2.75) is 132 Å². The summed E-state index contributed by atoms with van der Waals surface area (Å²) in [4.78, 5) is 15.5. The molecule has 0 heterocycles. The summed E-state index contributed by atoms with van der Waals surface area (Å²) in [5.74, 6) is 1.00. The van der Waals surface area contributed by atoms with Crippen molar-refractivity contribution in [2.75, 3.05) is 0 Å². The van der Waals surface area contributed by atoms with E-state index >= 15 is 0 Å². The van der Waals surface area contributed by atoms with E-state index in [4.69, 9.17) is 9.59 Å². The van der Waals surface area contributed by atoms with Gasteiger partial charge in [0.25, 0.3) is 0 Å². The second-order valence-corrected chi connectivity index (χ2v) is 10.4. The van der Waals surface area contributed by atoms with E-state index in [9.17, 15) is 0 Å². The molecule has 7 heteroatoms. The average Bonchev–Trinajstić information content (AvgIpc) is 2.54. The molecule has 0 radical (unpaired) electrons. The topological polar surface area (TPSA) is 90.5 Å². The SMILES string of the molecule is CC(C)[N-]C([N-]C(C)(C)C)C(C)C.CC(C)[N-]C([N-]C(C)(C)C)C(C)C.[CH-]=O.[CH-]=O.[Ru+6].